The van der Waals surface area contributed by atoms with Gasteiger partial charge in [0.15, 0.2) is 0 Å². The second kappa shape index (κ2) is 6.93. The molecule has 1 fully saturated rings. The van der Waals surface area contributed by atoms with Gasteiger partial charge >= 0.3 is 0 Å². The Balaban J connectivity index is 1.70. The molecule has 1 aromatic carbocycles. The van der Waals surface area contributed by atoms with Crippen molar-refractivity contribution in [2.24, 2.45) is 11.8 Å². The van der Waals surface area contributed by atoms with Crippen molar-refractivity contribution in [3.8, 4) is 0 Å². The molecule has 0 amide bonds. The quantitative estimate of drug-likeness (QED) is 0.795. The van der Waals surface area contributed by atoms with Gasteiger partial charge < -0.3 is 5.32 Å². The molecule has 1 heterocycles. The molecule has 1 aliphatic carbocycles. The van der Waals surface area contributed by atoms with E-state index in [1.807, 2.05) is 11.3 Å². The third-order valence-electron chi connectivity index (χ3n) is 5.41. The molecule has 1 aliphatic rings. The predicted octanol–water partition coefficient (Wildman–Crippen LogP) is 5.25. The first-order valence-electron chi connectivity index (χ1n) is 8.44. The van der Waals surface area contributed by atoms with Gasteiger partial charge in [-0.15, -0.1) is 11.3 Å². The highest BCUT2D eigenvalue weighted by atomic mass is 32.1. The first kappa shape index (κ1) is 15.1. The number of likely N-dealkylation sites (N-methyl/N-ethyl adjacent to an activating group) is 1. The van der Waals surface area contributed by atoms with Crippen molar-refractivity contribution < 1.29 is 0 Å². The second-order valence-corrected chi connectivity index (χ2v) is 7.46. The first-order valence-corrected chi connectivity index (χ1v) is 9.32. The molecule has 0 radical (unpaired) electrons. The zero-order valence-electron chi connectivity index (χ0n) is 13.3. The number of nitrogens with one attached hydrogen (secondary N) is 1. The summed E-state index contributed by atoms with van der Waals surface area (Å²) in [6, 6.07) is 9.47. The molecule has 2 aromatic rings. The summed E-state index contributed by atoms with van der Waals surface area (Å²) in [5.74, 6) is 1.84. The van der Waals surface area contributed by atoms with Crippen LogP contribution in [-0.2, 0) is 6.42 Å². The van der Waals surface area contributed by atoms with Crippen LogP contribution in [0.25, 0.3) is 10.1 Å². The highest BCUT2D eigenvalue weighted by Gasteiger charge is 2.26. The van der Waals surface area contributed by atoms with Crippen LogP contribution in [0.3, 0.4) is 0 Å². The molecule has 0 bridgehead atoms. The van der Waals surface area contributed by atoms with Gasteiger partial charge in [0, 0.05) is 10.7 Å². The third-order valence-corrected chi connectivity index (χ3v) is 6.42. The Labute approximate surface area is 132 Å². The first-order chi connectivity index (χ1) is 10.3. The molecule has 0 aliphatic heterocycles. The summed E-state index contributed by atoms with van der Waals surface area (Å²) >= 11 is 1.89. The largest absolute Gasteiger partial charge is 0.316 e. The minimum Gasteiger partial charge on any atom is -0.316 e. The van der Waals surface area contributed by atoms with E-state index in [-0.39, 0.29) is 0 Å². The summed E-state index contributed by atoms with van der Waals surface area (Å²) in [4.78, 5) is 0. The molecule has 21 heavy (non-hydrogen) atoms. The summed E-state index contributed by atoms with van der Waals surface area (Å²) in [7, 11) is 2.14. The minimum absolute atomic E-state index is 0.640. The molecular formula is C19H27NS. The van der Waals surface area contributed by atoms with Gasteiger partial charge in [0.2, 0.25) is 0 Å². The molecule has 1 saturated carbocycles. The molecule has 0 spiro atoms. The fourth-order valence-corrected chi connectivity index (χ4v) is 4.91. The lowest BCUT2D eigenvalue weighted by Gasteiger charge is -2.33. The normalized spacial score (nSPS) is 24.3. The van der Waals surface area contributed by atoms with Crippen LogP contribution >= 0.6 is 11.3 Å². The van der Waals surface area contributed by atoms with Crippen LogP contribution in [0, 0.1) is 11.8 Å². The van der Waals surface area contributed by atoms with Gasteiger partial charge in [0.05, 0.1) is 0 Å². The summed E-state index contributed by atoms with van der Waals surface area (Å²) in [5.41, 5.74) is 1.53. The fourth-order valence-electron chi connectivity index (χ4n) is 3.93. The van der Waals surface area contributed by atoms with E-state index in [9.17, 15) is 0 Å². The number of hydrogen-bond donors (Lipinski definition) is 1. The Morgan fingerprint density at radius 3 is 2.67 bits per heavy atom. The van der Waals surface area contributed by atoms with Gasteiger partial charge in [-0.3, -0.25) is 0 Å². The van der Waals surface area contributed by atoms with E-state index in [2.05, 4.69) is 48.9 Å². The van der Waals surface area contributed by atoms with E-state index in [1.165, 1.54) is 54.2 Å². The SMILES string of the molecule is CCC1CCC(C(Cc2csc3ccccc23)NC)CC1. The van der Waals surface area contributed by atoms with Crippen LogP contribution in [0.4, 0.5) is 0 Å². The average molecular weight is 301 g/mol. The lowest BCUT2D eigenvalue weighted by atomic mass is 9.76. The Morgan fingerprint density at radius 2 is 1.95 bits per heavy atom. The topological polar surface area (TPSA) is 12.0 Å². The summed E-state index contributed by atoms with van der Waals surface area (Å²) in [6.07, 6.45) is 8.24. The molecule has 1 atom stereocenters. The highest BCUT2D eigenvalue weighted by molar-refractivity contribution is 7.17. The zero-order chi connectivity index (χ0) is 14.7. The molecule has 1 nitrogen and oxygen atoms in total. The Kier molecular flexibility index (Phi) is 4.97. The van der Waals surface area contributed by atoms with Crippen molar-refractivity contribution in [3.05, 3.63) is 35.2 Å². The number of benzene rings is 1. The molecule has 1 aromatic heterocycles. The van der Waals surface area contributed by atoms with Crippen molar-refractivity contribution in [3.63, 3.8) is 0 Å². The van der Waals surface area contributed by atoms with Gasteiger partial charge in [-0.05, 0) is 60.5 Å². The van der Waals surface area contributed by atoms with Crippen LogP contribution < -0.4 is 5.32 Å². The van der Waals surface area contributed by atoms with Gasteiger partial charge in [-0.2, -0.15) is 0 Å². The fraction of sp³-hybridized carbons (Fsp3) is 0.579. The third kappa shape index (κ3) is 3.32. The van der Waals surface area contributed by atoms with Crippen LogP contribution in [-0.4, -0.2) is 13.1 Å². The molecule has 1 unspecified atom stereocenters. The van der Waals surface area contributed by atoms with Crippen LogP contribution in [0.2, 0.25) is 0 Å². The summed E-state index contributed by atoms with van der Waals surface area (Å²) < 4.78 is 1.43. The summed E-state index contributed by atoms with van der Waals surface area (Å²) in [5, 5.41) is 7.44. The molecule has 3 rings (SSSR count). The van der Waals surface area contributed by atoms with E-state index in [0.29, 0.717) is 6.04 Å². The van der Waals surface area contributed by atoms with E-state index in [4.69, 9.17) is 0 Å². The standard InChI is InChI=1S/C19H27NS/c1-3-14-8-10-15(11-9-14)18(20-2)12-16-13-21-19-7-5-4-6-17(16)19/h4-7,13-15,18,20H,3,8-12H2,1-2H3. The van der Waals surface area contributed by atoms with E-state index in [0.717, 1.165) is 11.8 Å². The predicted molar refractivity (Wildman–Crippen MR) is 94.1 cm³/mol. The Bertz CT molecular complexity index is 566. The average Bonchev–Trinajstić information content (AvgIpc) is 2.96. The number of fused-ring (bicyclic) bond motifs is 1. The van der Waals surface area contributed by atoms with Gasteiger partial charge in [-0.25, -0.2) is 0 Å². The second-order valence-electron chi connectivity index (χ2n) is 6.55. The lowest BCUT2D eigenvalue weighted by molar-refractivity contribution is 0.222. The van der Waals surface area contributed by atoms with E-state index < -0.39 is 0 Å². The molecule has 2 heteroatoms. The number of rotatable bonds is 5. The molecule has 1 N–H and O–H groups in total. The monoisotopic (exact) mass is 301 g/mol. The van der Waals surface area contributed by atoms with Gasteiger partial charge in [-0.1, -0.05) is 44.4 Å². The van der Waals surface area contributed by atoms with Crippen molar-refractivity contribution in [2.75, 3.05) is 7.05 Å². The number of hydrogen-bond acceptors (Lipinski definition) is 2. The molecule has 114 valence electrons. The van der Waals surface area contributed by atoms with Crippen LogP contribution in [0.15, 0.2) is 29.6 Å². The van der Waals surface area contributed by atoms with Gasteiger partial charge in [0.25, 0.3) is 0 Å². The zero-order valence-corrected chi connectivity index (χ0v) is 14.1. The maximum Gasteiger partial charge on any atom is 0.0345 e. The maximum absolute atomic E-state index is 3.61. The smallest absolute Gasteiger partial charge is 0.0345 e. The van der Waals surface area contributed by atoms with Gasteiger partial charge in [0.1, 0.15) is 0 Å². The van der Waals surface area contributed by atoms with Crippen LogP contribution in [0.5, 0.6) is 0 Å². The van der Waals surface area contributed by atoms with Crippen molar-refractivity contribution in [2.45, 2.75) is 51.5 Å². The molecule has 0 saturated heterocycles. The number of thiophene rings is 1. The lowest BCUT2D eigenvalue weighted by Crippen LogP contribution is -2.37. The Morgan fingerprint density at radius 1 is 1.19 bits per heavy atom. The molecular weight excluding hydrogens is 274 g/mol. The Hall–Kier alpha value is -0.860. The highest BCUT2D eigenvalue weighted by Crippen LogP contribution is 2.34. The summed E-state index contributed by atoms with van der Waals surface area (Å²) in [6.45, 7) is 2.35. The minimum atomic E-state index is 0.640. The van der Waals surface area contributed by atoms with E-state index >= 15 is 0 Å². The van der Waals surface area contributed by atoms with E-state index in [1.54, 1.807) is 0 Å². The van der Waals surface area contributed by atoms with Crippen LogP contribution in [0.1, 0.15) is 44.6 Å². The maximum atomic E-state index is 3.61. The van der Waals surface area contributed by atoms with Crippen molar-refractivity contribution in [1.82, 2.24) is 5.32 Å². The van der Waals surface area contributed by atoms with Crippen molar-refractivity contribution in [1.29, 1.82) is 0 Å². The van der Waals surface area contributed by atoms with Crippen molar-refractivity contribution >= 4 is 21.4 Å².